The van der Waals surface area contributed by atoms with E-state index in [0.717, 1.165) is 51.7 Å². The molecule has 0 saturated carbocycles. The summed E-state index contributed by atoms with van der Waals surface area (Å²) in [6.07, 6.45) is 5.53. The zero-order chi connectivity index (χ0) is 19.4. The minimum Gasteiger partial charge on any atom is -0.342 e. The number of nitrogens with zero attached hydrogens (tertiary/aromatic N) is 2. The molecule has 2 fully saturated rings. The number of carbonyl (C=O) groups is 3. The van der Waals surface area contributed by atoms with Crippen molar-refractivity contribution >= 4 is 17.6 Å². The molecule has 0 aromatic heterocycles. The van der Waals surface area contributed by atoms with Crippen LogP contribution in [0, 0.1) is 5.41 Å². The summed E-state index contributed by atoms with van der Waals surface area (Å²) < 4.78 is 0. The summed E-state index contributed by atoms with van der Waals surface area (Å²) >= 11 is 0. The van der Waals surface area contributed by atoms with Crippen LogP contribution in [0.25, 0.3) is 0 Å². The van der Waals surface area contributed by atoms with E-state index in [4.69, 9.17) is 0 Å². The Hall–Kier alpha value is -2.17. The Morgan fingerprint density at radius 3 is 2.56 bits per heavy atom. The lowest BCUT2D eigenvalue weighted by molar-refractivity contribution is -0.139. The van der Waals surface area contributed by atoms with Gasteiger partial charge in [-0.15, -0.1) is 0 Å². The Morgan fingerprint density at radius 2 is 1.85 bits per heavy atom. The molecule has 146 valence electrons. The van der Waals surface area contributed by atoms with Gasteiger partial charge in [-0.1, -0.05) is 31.5 Å². The van der Waals surface area contributed by atoms with Crippen molar-refractivity contribution in [1.29, 1.82) is 0 Å². The van der Waals surface area contributed by atoms with E-state index in [2.05, 4.69) is 6.92 Å². The molecule has 2 heterocycles. The van der Waals surface area contributed by atoms with E-state index in [0.29, 0.717) is 24.1 Å². The first-order chi connectivity index (χ1) is 13.0. The van der Waals surface area contributed by atoms with Crippen LogP contribution in [-0.4, -0.2) is 53.6 Å². The van der Waals surface area contributed by atoms with Crippen LogP contribution >= 0.6 is 0 Å². The van der Waals surface area contributed by atoms with E-state index < -0.39 is 0 Å². The summed E-state index contributed by atoms with van der Waals surface area (Å²) in [5.41, 5.74) is 0.989. The van der Waals surface area contributed by atoms with Crippen molar-refractivity contribution in [3.8, 4) is 0 Å². The van der Waals surface area contributed by atoms with Gasteiger partial charge in [0.25, 0.3) is 5.91 Å². The lowest BCUT2D eigenvalue weighted by Gasteiger charge is -2.48. The number of unbranched alkanes of at least 4 members (excludes halogenated alkanes) is 1. The molecule has 1 aromatic rings. The molecule has 3 rings (SSSR count). The SMILES string of the molecule is CCCCN1C[C@]2(CCCN(C(=O)c3ccccc3C(C)=O)C2)CCC1=O. The first kappa shape index (κ1) is 19.6. The minimum atomic E-state index is -0.0836. The fraction of sp³-hybridized carbons (Fsp3) is 0.591. The van der Waals surface area contributed by atoms with Crippen LogP contribution in [-0.2, 0) is 4.79 Å². The van der Waals surface area contributed by atoms with E-state index in [9.17, 15) is 14.4 Å². The number of hydrogen-bond acceptors (Lipinski definition) is 3. The Morgan fingerprint density at radius 1 is 1.11 bits per heavy atom. The summed E-state index contributed by atoms with van der Waals surface area (Å²) in [5, 5.41) is 0. The highest BCUT2D eigenvalue weighted by atomic mass is 16.2. The van der Waals surface area contributed by atoms with Crippen molar-refractivity contribution in [1.82, 2.24) is 9.80 Å². The van der Waals surface area contributed by atoms with Crippen LogP contribution in [0.4, 0.5) is 0 Å². The van der Waals surface area contributed by atoms with Crippen molar-refractivity contribution in [2.45, 2.75) is 52.4 Å². The first-order valence-electron chi connectivity index (χ1n) is 10.1. The summed E-state index contributed by atoms with van der Waals surface area (Å²) in [7, 11) is 0. The lowest BCUT2D eigenvalue weighted by Crippen LogP contribution is -2.55. The number of ketones is 1. The number of amides is 2. The number of likely N-dealkylation sites (tertiary alicyclic amines) is 2. The average Bonchev–Trinajstić information content (AvgIpc) is 2.68. The molecule has 2 aliphatic heterocycles. The molecule has 0 radical (unpaired) electrons. The lowest BCUT2D eigenvalue weighted by atomic mass is 9.73. The largest absolute Gasteiger partial charge is 0.342 e. The molecule has 27 heavy (non-hydrogen) atoms. The highest BCUT2D eigenvalue weighted by molar-refractivity contribution is 6.07. The van der Waals surface area contributed by atoms with Crippen LogP contribution in [0.15, 0.2) is 24.3 Å². The average molecular weight is 370 g/mol. The van der Waals surface area contributed by atoms with Crippen molar-refractivity contribution in [2.24, 2.45) is 5.41 Å². The van der Waals surface area contributed by atoms with E-state index in [1.807, 2.05) is 15.9 Å². The normalized spacial score (nSPS) is 23.0. The Bertz CT molecular complexity index is 730. The third kappa shape index (κ3) is 4.23. The van der Waals surface area contributed by atoms with Crippen molar-refractivity contribution in [3.05, 3.63) is 35.4 Å². The molecular weight excluding hydrogens is 340 g/mol. The molecular formula is C22H30N2O3. The van der Waals surface area contributed by atoms with Crippen LogP contribution in [0.5, 0.6) is 0 Å². The number of Topliss-reactive ketones (excluding diaryl/α,β-unsaturated/α-hetero) is 1. The molecule has 0 aliphatic carbocycles. The molecule has 5 heteroatoms. The highest BCUT2D eigenvalue weighted by Gasteiger charge is 2.42. The van der Waals surface area contributed by atoms with E-state index in [1.54, 1.807) is 18.2 Å². The predicted molar refractivity (Wildman–Crippen MR) is 105 cm³/mol. The Labute approximate surface area is 161 Å². The number of rotatable bonds is 5. The minimum absolute atomic E-state index is 0.000723. The number of hydrogen-bond donors (Lipinski definition) is 0. The number of benzene rings is 1. The third-order valence-corrected chi connectivity index (χ3v) is 6.02. The van der Waals surface area contributed by atoms with Gasteiger partial charge in [0.05, 0.1) is 5.56 Å². The number of piperidine rings is 2. The van der Waals surface area contributed by atoms with Crippen LogP contribution in [0.3, 0.4) is 0 Å². The molecule has 0 bridgehead atoms. The predicted octanol–water partition coefficient (Wildman–Crippen LogP) is 3.53. The smallest absolute Gasteiger partial charge is 0.254 e. The van der Waals surface area contributed by atoms with Gasteiger partial charge in [0.15, 0.2) is 5.78 Å². The van der Waals surface area contributed by atoms with Gasteiger partial charge in [0.2, 0.25) is 5.91 Å². The standard InChI is InChI=1S/C22H30N2O3/c1-3-4-13-23-15-22(12-10-20(23)26)11-7-14-24(16-22)21(27)19-9-6-5-8-18(19)17(2)25/h5-6,8-9H,3-4,7,10-16H2,1-2H3/t22-/m0/s1. The summed E-state index contributed by atoms with van der Waals surface area (Å²) in [4.78, 5) is 41.3. The quantitative estimate of drug-likeness (QED) is 0.745. The van der Waals surface area contributed by atoms with E-state index in [1.165, 1.54) is 6.92 Å². The fourth-order valence-corrected chi connectivity index (χ4v) is 4.52. The van der Waals surface area contributed by atoms with Gasteiger partial charge in [-0.05, 0) is 38.7 Å². The third-order valence-electron chi connectivity index (χ3n) is 6.02. The van der Waals surface area contributed by atoms with Gasteiger partial charge in [0, 0.05) is 43.6 Å². The molecule has 0 N–H and O–H groups in total. The van der Waals surface area contributed by atoms with Gasteiger partial charge in [0.1, 0.15) is 0 Å². The molecule has 2 saturated heterocycles. The fourth-order valence-electron chi connectivity index (χ4n) is 4.52. The van der Waals surface area contributed by atoms with Crippen molar-refractivity contribution in [2.75, 3.05) is 26.2 Å². The maximum absolute atomic E-state index is 13.2. The van der Waals surface area contributed by atoms with Gasteiger partial charge in [-0.2, -0.15) is 0 Å². The Balaban J connectivity index is 1.77. The van der Waals surface area contributed by atoms with E-state index >= 15 is 0 Å². The molecule has 2 amide bonds. The second-order valence-electron chi connectivity index (χ2n) is 8.10. The van der Waals surface area contributed by atoms with Gasteiger partial charge in [-0.25, -0.2) is 0 Å². The maximum Gasteiger partial charge on any atom is 0.254 e. The maximum atomic E-state index is 13.2. The van der Waals surface area contributed by atoms with E-state index in [-0.39, 0.29) is 23.0 Å². The molecule has 1 spiro atoms. The zero-order valence-corrected chi connectivity index (χ0v) is 16.5. The van der Waals surface area contributed by atoms with Crippen molar-refractivity contribution in [3.63, 3.8) is 0 Å². The molecule has 1 aromatic carbocycles. The molecule has 5 nitrogen and oxygen atoms in total. The van der Waals surface area contributed by atoms with Gasteiger partial charge in [-0.3, -0.25) is 14.4 Å². The molecule has 2 aliphatic rings. The van der Waals surface area contributed by atoms with Gasteiger partial charge >= 0.3 is 0 Å². The highest BCUT2D eigenvalue weighted by Crippen LogP contribution is 2.39. The monoisotopic (exact) mass is 370 g/mol. The first-order valence-corrected chi connectivity index (χ1v) is 10.1. The summed E-state index contributed by atoms with van der Waals surface area (Å²) in [6, 6.07) is 7.08. The summed E-state index contributed by atoms with van der Waals surface area (Å²) in [5.74, 6) is 0.107. The number of carbonyl (C=O) groups excluding carboxylic acids is 3. The van der Waals surface area contributed by atoms with Crippen LogP contribution < -0.4 is 0 Å². The second-order valence-corrected chi connectivity index (χ2v) is 8.10. The molecule has 1 atom stereocenters. The van der Waals surface area contributed by atoms with Gasteiger partial charge < -0.3 is 9.80 Å². The Kier molecular flexibility index (Phi) is 5.98. The van der Waals surface area contributed by atoms with Crippen LogP contribution in [0.2, 0.25) is 0 Å². The molecule has 0 unspecified atom stereocenters. The second kappa shape index (κ2) is 8.24. The zero-order valence-electron chi connectivity index (χ0n) is 16.5. The summed E-state index contributed by atoms with van der Waals surface area (Å²) in [6.45, 7) is 6.60. The van der Waals surface area contributed by atoms with Crippen molar-refractivity contribution < 1.29 is 14.4 Å². The topological polar surface area (TPSA) is 57.7 Å². The van der Waals surface area contributed by atoms with Crippen LogP contribution in [0.1, 0.15) is 73.1 Å².